The van der Waals surface area contributed by atoms with Crippen molar-refractivity contribution in [1.82, 2.24) is 4.90 Å². The number of rotatable bonds is 0. The van der Waals surface area contributed by atoms with Crippen molar-refractivity contribution in [3.8, 4) is 0 Å². The Hall–Kier alpha value is -0.955. The second-order valence-electron chi connectivity index (χ2n) is 3.91. The van der Waals surface area contributed by atoms with Gasteiger partial charge in [0.15, 0.2) is 0 Å². The maximum Gasteiger partial charge on any atom is 0.142 e. The van der Waals surface area contributed by atoms with Gasteiger partial charge in [-0.3, -0.25) is 0 Å². The molecule has 0 amide bonds. The summed E-state index contributed by atoms with van der Waals surface area (Å²) in [6.45, 7) is 2.22. The zero-order chi connectivity index (χ0) is 9.42. The first-order chi connectivity index (χ1) is 6.18. The third kappa shape index (κ3) is 1.44. The highest BCUT2D eigenvalue weighted by molar-refractivity contribution is 6.36. The van der Waals surface area contributed by atoms with E-state index >= 15 is 0 Å². The average Bonchev–Trinajstić information content (AvgIpc) is 2.12. The first-order valence-corrected chi connectivity index (χ1v) is 4.74. The fourth-order valence-corrected chi connectivity index (χ4v) is 2.00. The van der Waals surface area contributed by atoms with Crippen molar-refractivity contribution in [2.45, 2.75) is 13.0 Å². The normalized spacial score (nSPS) is 17.0. The van der Waals surface area contributed by atoms with Crippen molar-refractivity contribution in [1.29, 1.82) is 0 Å². The van der Waals surface area contributed by atoms with Gasteiger partial charge in [-0.25, -0.2) is 0 Å². The summed E-state index contributed by atoms with van der Waals surface area (Å²) in [5.41, 5.74) is 11.0. The zero-order valence-corrected chi connectivity index (χ0v) is 8.30. The summed E-state index contributed by atoms with van der Waals surface area (Å²) in [6.07, 6.45) is 1.14. The smallest absolute Gasteiger partial charge is 0.142 e. The van der Waals surface area contributed by atoms with Crippen molar-refractivity contribution < 1.29 is 0 Å². The molecule has 0 radical (unpaired) electrons. The van der Waals surface area contributed by atoms with E-state index in [4.69, 9.17) is 5.73 Å². The molecular weight excluding hydrogens is 159 g/mol. The Morgan fingerprint density at radius 2 is 2.23 bits per heavy atom. The molecule has 3 heteroatoms. The second-order valence-corrected chi connectivity index (χ2v) is 3.91. The lowest BCUT2D eigenvalue weighted by Crippen LogP contribution is -2.31. The minimum absolute atomic E-state index is 0.934. The molecule has 1 aliphatic heterocycles. The summed E-state index contributed by atoms with van der Waals surface area (Å²) in [7, 11) is 4.29. The molecule has 2 nitrogen and oxygen atoms in total. The van der Waals surface area contributed by atoms with Crippen LogP contribution in [-0.2, 0) is 13.0 Å². The molecule has 0 aromatic heterocycles. The molecule has 2 rings (SSSR count). The van der Waals surface area contributed by atoms with E-state index < -0.39 is 0 Å². The van der Waals surface area contributed by atoms with E-state index in [-0.39, 0.29) is 0 Å². The topological polar surface area (TPSA) is 29.3 Å². The molecular formula is C10H15BN2. The molecule has 0 saturated heterocycles. The molecule has 0 bridgehead atoms. The summed E-state index contributed by atoms with van der Waals surface area (Å²) in [4.78, 5) is 2.35. The highest BCUT2D eigenvalue weighted by atomic mass is 15.1. The minimum Gasteiger partial charge on any atom is -0.399 e. The number of nitrogen functional groups attached to an aromatic ring is 1. The van der Waals surface area contributed by atoms with Gasteiger partial charge in [0.1, 0.15) is 7.85 Å². The number of fused-ring (bicyclic) bond motifs is 1. The van der Waals surface area contributed by atoms with E-state index in [1.165, 1.54) is 16.6 Å². The van der Waals surface area contributed by atoms with Gasteiger partial charge in [0.25, 0.3) is 0 Å². The van der Waals surface area contributed by atoms with Crippen LogP contribution in [0.15, 0.2) is 12.1 Å². The summed E-state index contributed by atoms with van der Waals surface area (Å²) < 4.78 is 0. The Bertz CT molecular complexity index is 336. The first kappa shape index (κ1) is 8.63. The standard InChI is InChI=1S/C10H15BN2/c1-13-5-4-8-7(6-13)2-3-9(12)10(8)11/h2-3H,4-6,11-12H2,1H3. The molecule has 1 heterocycles. The number of hydrogen-bond donors (Lipinski definition) is 1. The van der Waals surface area contributed by atoms with Crippen molar-refractivity contribution in [2.24, 2.45) is 0 Å². The van der Waals surface area contributed by atoms with Crippen LogP contribution in [0.25, 0.3) is 0 Å². The van der Waals surface area contributed by atoms with Gasteiger partial charge in [0.05, 0.1) is 0 Å². The average molecular weight is 174 g/mol. The Morgan fingerprint density at radius 3 is 3.00 bits per heavy atom. The number of anilines is 1. The molecule has 1 aliphatic rings. The summed E-state index contributed by atoms with van der Waals surface area (Å²) >= 11 is 0. The quantitative estimate of drug-likeness (QED) is 0.425. The number of nitrogens with two attached hydrogens (primary N) is 1. The molecule has 1 aromatic carbocycles. The maximum absolute atomic E-state index is 5.86. The van der Waals surface area contributed by atoms with Crippen molar-refractivity contribution >= 4 is 19.0 Å². The van der Waals surface area contributed by atoms with Gasteiger partial charge < -0.3 is 10.6 Å². The Morgan fingerprint density at radius 1 is 1.46 bits per heavy atom. The van der Waals surface area contributed by atoms with E-state index in [9.17, 15) is 0 Å². The van der Waals surface area contributed by atoms with Crippen LogP contribution in [0.2, 0.25) is 0 Å². The highest BCUT2D eigenvalue weighted by Crippen LogP contribution is 2.17. The number of likely N-dealkylation sites (N-methyl/N-ethyl adjacent to an activating group) is 1. The maximum atomic E-state index is 5.86. The first-order valence-electron chi connectivity index (χ1n) is 4.74. The van der Waals surface area contributed by atoms with Crippen LogP contribution in [0.5, 0.6) is 0 Å². The molecule has 0 fully saturated rings. The van der Waals surface area contributed by atoms with Gasteiger partial charge in [-0.2, -0.15) is 0 Å². The SMILES string of the molecule is Bc1c(N)ccc2c1CCN(C)C2. The fraction of sp³-hybridized carbons (Fsp3) is 0.400. The van der Waals surface area contributed by atoms with Crippen LogP contribution in [0.4, 0.5) is 5.69 Å². The second kappa shape index (κ2) is 3.07. The van der Waals surface area contributed by atoms with Gasteiger partial charge in [-0.05, 0) is 30.7 Å². The lowest BCUT2D eigenvalue weighted by atomic mass is 9.83. The Balaban J connectivity index is 2.47. The van der Waals surface area contributed by atoms with Crippen LogP contribution < -0.4 is 11.2 Å². The monoisotopic (exact) mass is 174 g/mol. The van der Waals surface area contributed by atoms with Crippen molar-refractivity contribution in [3.63, 3.8) is 0 Å². The van der Waals surface area contributed by atoms with E-state index in [1.807, 2.05) is 6.07 Å². The summed E-state index contributed by atoms with van der Waals surface area (Å²) in [5.74, 6) is 0. The molecule has 13 heavy (non-hydrogen) atoms. The fourth-order valence-electron chi connectivity index (χ4n) is 2.00. The third-order valence-electron chi connectivity index (χ3n) is 2.92. The minimum atomic E-state index is 0.934. The number of nitrogens with zero attached hydrogens (tertiary/aromatic N) is 1. The predicted molar refractivity (Wildman–Crippen MR) is 59.1 cm³/mol. The molecule has 0 spiro atoms. The van der Waals surface area contributed by atoms with Gasteiger partial charge in [0.2, 0.25) is 0 Å². The van der Waals surface area contributed by atoms with Crippen molar-refractivity contribution in [3.05, 3.63) is 23.3 Å². The molecule has 1 aromatic rings. The van der Waals surface area contributed by atoms with E-state index in [0.717, 1.165) is 25.2 Å². The van der Waals surface area contributed by atoms with Crippen molar-refractivity contribution in [2.75, 3.05) is 19.3 Å². The molecule has 0 saturated carbocycles. The van der Waals surface area contributed by atoms with Crippen LogP contribution in [0.3, 0.4) is 0 Å². The Labute approximate surface area is 80.1 Å². The number of benzene rings is 1. The van der Waals surface area contributed by atoms with Crippen LogP contribution in [-0.4, -0.2) is 26.3 Å². The third-order valence-corrected chi connectivity index (χ3v) is 2.92. The van der Waals surface area contributed by atoms with Crippen LogP contribution >= 0.6 is 0 Å². The summed E-state index contributed by atoms with van der Waals surface area (Å²) in [6, 6.07) is 4.18. The molecule has 0 atom stereocenters. The molecule has 2 N–H and O–H groups in total. The van der Waals surface area contributed by atoms with E-state index in [0.29, 0.717) is 0 Å². The lowest BCUT2D eigenvalue weighted by Gasteiger charge is -2.26. The Kier molecular flexibility index (Phi) is 2.04. The predicted octanol–water partition coefficient (Wildman–Crippen LogP) is -0.485. The van der Waals surface area contributed by atoms with Gasteiger partial charge in [-0.1, -0.05) is 11.5 Å². The largest absolute Gasteiger partial charge is 0.399 e. The molecule has 0 unspecified atom stereocenters. The summed E-state index contributed by atoms with van der Waals surface area (Å²) in [5, 5.41) is 0. The van der Waals surface area contributed by atoms with Crippen LogP contribution in [0, 0.1) is 0 Å². The lowest BCUT2D eigenvalue weighted by molar-refractivity contribution is 0.313. The van der Waals surface area contributed by atoms with E-state index in [2.05, 4.69) is 25.9 Å². The van der Waals surface area contributed by atoms with Gasteiger partial charge in [0, 0.05) is 18.8 Å². The van der Waals surface area contributed by atoms with Gasteiger partial charge in [-0.15, -0.1) is 0 Å². The van der Waals surface area contributed by atoms with Crippen LogP contribution in [0.1, 0.15) is 11.1 Å². The zero-order valence-electron chi connectivity index (χ0n) is 8.30. The highest BCUT2D eigenvalue weighted by Gasteiger charge is 2.15. The van der Waals surface area contributed by atoms with Gasteiger partial charge >= 0.3 is 0 Å². The molecule has 0 aliphatic carbocycles. The number of hydrogen-bond acceptors (Lipinski definition) is 2. The van der Waals surface area contributed by atoms with E-state index in [1.54, 1.807) is 0 Å². The molecule has 68 valence electrons.